The van der Waals surface area contributed by atoms with E-state index in [1.165, 1.54) is 41.0 Å². The van der Waals surface area contributed by atoms with Crippen LogP contribution in [0.2, 0.25) is 0 Å². The molecule has 1 saturated carbocycles. The number of aromatic nitrogens is 2. The van der Waals surface area contributed by atoms with Crippen LogP contribution in [-0.2, 0) is 0 Å². The van der Waals surface area contributed by atoms with Crippen LogP contribution < -0.4 is 15.0 Å². The van der Waals surface area contributed by atoms with Crippen molar-refractivity contribution >= 4 is 23.0 Å². The lowest BCUT2D eigenvalue weighted by molar-refractivity contribution is 0.210. The zero-order chi connectivity index (χ0) is 26.2. The number of aryl methyl sites for hydroxylation is 2. The Hall–Kier alpha value is -3.64. The van der Waals surface area contributed by atoms with Gasteiger partial charge in [-0.1, -0.05) is 18.2 Å². The number of thiocarbonyl (C=S) groups is 1. The van der Waals surface area contributed by atoms with Crippen molar-refractivity contribution in [3.63, 3.8) is 0 Å². The summed E-state index contributed by atoms with van der Waals surface area (Å²) in [4.78, 5) is 6.97. The highest BCUT2D eigenvalue weighted by atomic mass is 32.1. The Labute approximate surface area is 230 Å². The summed E-state index contributed by atoms with van der Waals surface area (Å²) in [7, 11) is 0. The molecule has 6 heteroatoms. The molecule has 4 aromatic rings. The zero-order valence-electron chi connectivity index (χ0n) is 22.2. The molecule has 1 aliphatic carbocycles. The molecule has 2 aromatic carbocycles. The van der Waals surface area contributed by atoms with Crippen molar-refractivity contribution in [2.24, 2.45) is 0 Å². The maximum atomic E-state index is 6.24. The zero-order valence-corrected chi connectivity index (χ0v) is 23.0. The van der Waals surface area contributed by atoms with E-state index in [1.807, 2.05) is 18.3 Å². The molecule has 0 bridgehead atoms. The minimum atomic E-state index is -0.0791. The van der Waals surface area contributed by atoms with E-state index < -0.39 is 0 Å². The van der Waals surface area contributed by atoms with Gasteiger partial charge in [0.1, 0.15) is 5.75 Å². The highest BCUT2D eigenvalue weighted by Crippen LogP contribution is 2.44. The molecule has 3 heterocycles. The van der Waals surface area contributed by atoms with Gasteiger partial charge in [-0.3, -0.25) is 4.98 Å². The van der Waals surface area contributed by atoms with Crippen LogP contribution in [0.1, 0.15) is 66.0 Å². The van der Waals surface area contributed by atoms with E-state index in [2.05, 4.69) is 96.2 Å². The van der Waals surface area contributed by atoms with E-state index in [4.69, 9.17) is 21.9 Å². The van der Waals surface area contributed by atoms with Crippen LogP contribution >= 0.6 is 12.2 Å². The third kappa shape index (κ3) is 4.58. The molecule has 38 heavy (non-hydrogen) atoms. The van der Waals surface area contributed by atoms with Gasteiger partial charge >= 0.3 is 0 Å². The summed E-state index contributed by atoms with van der Waals surface area (Å²) in [5, 5.41) is 4.30. The van der Waals surface area contributed by atoms with Crippen LogP contribution in [0.4, 0.5) is 5.69 Å². The van der Waals surface area contributed by atoms with Crippen LogP contribution in [0.25, 0.3) is 5.69 Å². The second-order valence-corrected chi connectivity index (χ2v) is 10.9. The Morgan fingerprint density at radius 1 is 0.895 bits per heavy atom. The Balaban J connectivity index is 1.41. The van der Waals surface area contributed by atoms with Crippen molar-refractivity contribution in [3.05, 3.63) is 107 Å². The van der Waals surface area contributed by atoms with Gasteiger partial charge in [0.25, 0.3) is 0 Å². The lowest BCUT2D eigenvalue weighted by atomic mass is 9.96. The van der Waals surface area contributed by atoms with Gasteiger partial charge < -0.3 is 19.5 Å². The van der Waals surface area contributed by atoms with Gasteiger partial charge in [0.05, 0.1) is 23.9 Å². The fourth-order valence-corrected chi connectivity index (χ4v) is 6.43. The number of hydrogen-bond donors (Lipinski definition) is 1. The number of rotatable bonds is 6. The lowest BCUT2D eigenvalue weighted by Gasteiger charge is -2.28. The summed E-state index contributed by atoms with van der Waals surface area (Å²) in [5.74, 6) is 0.925. The molecule has 194 valence electrons. The fourth-order valence-electron chi connectivity index (χ4n) is 6.08. The Morgan fingerprint density at radius 2 is 1.68 bits per heavy atom. The Kier molecular flexibility index (Phi) is 6.66. The highest BCUT2D eigenvalue weighted by molar-refractivity contribution is 7.80. The van der Waals surface area contributed by atoms with Crippen molar-refractivity contribution in [3.8, 4) is 11.4 Å². The van der Waals surface area contributed by atoms with Crippen LogP contribution in [0.15, 0.2) is 79.0 Å². The summed E-state index contributed by atoms with van der Waals surface area (Å²) >= 11 is 5.97. The van der Waals surface area contributed by atoms with Gasteiger partial charge in [-0.2, -0.15) is 0 Å². The van der Waals surface area contributed by atoms with Crippen molar-refractivity contribution in [2.75, 3.05) is 4.90 Å². The molecular formula is C32H34N4OS. The third-order valence-corrected chi connectivity index (χ3v) is 8.18. The van der Waals surface area contributed by atoms with E-state index >= 15 is 0 Å². The number of pyridine rings is 1. The number of benzene rings is 2. The first kappa shape index (κ1) is 24.7. The quantitative estimate of drug-likeness (QED) is 0.269. The maximum absolute atomic E-state index is 6.24. The largest absolute Gasteiger partial charge is 0.490 e. The van der Waals surface area contributed by atoms with Gasteiger partial charge in [0, 0.05) is 29.0 Å². The topological polar surface area (TPSA) is 42.3 Å². The molecule has 2 atom stereocenters. The van der Waals surface area contributed by atoms with Crippen molar-refractivity contribution < 1.29 is 4.74 Å². The van der Waals surface area contributed by atoms with Crippen LogP contribution in [0.5, 0.6) is 5.75 Å². The van der Waals surface area contributed by atoms with Crippen molar-refractivity contribution in [1.29, 1.82) is 0 Å². The summed E-state index contributed by atoms with van der Waals surface area (Å²) < 4.78 is 8.58. The number of hydrogen-bond acceptors (Lipinski definition) is 3. The SMILES string of the molecule is Cc1cccc(-n2c(C)cc([C@H]3[C@H](c4ccccn4)NC(=S)N3c3ccc(OC4CCCC4)cc3)c2C)c1. The molecule has 0 spiro atoms. The molecule has 2 aliphatic rings. The minimum Gasteiger partial charge on any atom is -0.490 e. The molecule has 1 N–H and O–H groups in total. The standard InChI is InChI=1S/C32H34N4OS/c1-21-9-8-10-25(19-21)35-22(2)20-28(23(35)3)31-30(29-13-6-7-18-33-29)34-32(38)36(31)24-14-16-27(17-15-24)37-26-11-4-5-12-26/h6-10,13-20,26,30-31H,4-5,11-12H2,1-3H3,(H,34,38)/t30-,31-/m0/s1. The van der Waals surface area contributed by atoms with Gasteiger partial charge in [-0.25, -0.2) is 0 Å². The van der Waals surface area contributed by atoms with Gasteiger partial charge in [-0.15, -0.1) is 0 Å². The molecular weight excluding hydrogens is 488 g/mol. The van der Waals surface area contributed by atoms with Gasteiger partial charge in [-0.05, 0) is 124 Å². The normalized spacial score (nSPS) is 19.7. The van der Waals surface area contributed by atoms with E-state index in [-0.39, 0.29) is 12.1 Å². The molecule has 0 unspecified atom stereocenters. The Morgan fingerprint density at radius 3 is 2.39 bits per heavy atom. The van der Waals surface area contributed by atoms with Crippen molar-refractivity contribution in [2.45, 2.75) is 64.6 Å². The Bertz CT molecular complexity index is 1440. The van der Waals surface area contributed by atoms with E-state index in [9.17, 15) is 0 Å². The second-order valence-electron chi connectivity index (χ2n) is 10.5. The van der Waals surface area contributed by atoms with E-state index in [0.717, 1.165) is 30.0 Å². The third-order valence-electron chi connectivity index (χ3n) is 7.87. The molecule has 0 radical (unpaired) electrons. The maximum Gasteiger partial charge on any atom is 0.174 e. The first-order valence-electron chi connectivity index (χ1n) is 13.5. The molecule has 5 nitrogen and oxygen atoms in total. The average molecular weight is 523 g/mol. The van der Waals surface area contributed by atoms with E-state index in [0.29, 0.717) is 11.2 Å². The van der Waals surface area contributed by atoms with Gasteiger partial charge in [0.15, 0.2) is 5.11 Å². The predicted octanol–water partition coefficient (Wildman–Crippen LogP) is 7.30. The molecule has 6 rings (SSSR count). The summed E-state index contributed by atoms with van der Waals surface area (Å²) in [5.41, 5.74) is 8.08. The summed E-state index contributed by atoms with van der Waals surface area (Å²) in [6.45, 7) is 6.52. The number of anilines is 1. The van der Waals surface area contributed by atoms with Gasteiger partial charge in [0.2, 0.25) is 0 Å². The number of nitrogens with one attached hydrogen (secondary N) is 1. The fraction of sp³-hybridized carbons (Fsp3) is 0.312. The number of ether oxygens (including phenoxy) is 1. The predicted molar refractivity (Wildman–Crippen MR) is 157 cm³/mol. The molecule has 1 saturated heterocycles. The lowest BCUT2D eigenvalue weighted by Crippen LogP contribution is -2.29. The van der Waals surface area contributed by atoms with Crippen LogP contribution in [0.3, 0.4) is 0 Å². The first-order valence-corrected chi connectivity index (χ1v) is 13.9. The van der Waals surface area contributed by atoms with Crippen LogP contribution in [0, 0.1) is 20.8 Å². The summed E-state index contributed by atoms with van der Waals surface area (Å²) in [6.07, 6.45) is 7.00. The summed E-state index contributed by atoms with van der Waals surface area (Å²) in [6, 6.07) is 25.3. The molecule has 2 fully saturated rings. The second kappa shape index (κ2) is 10.3. The molecule has 0 amide bonds. The van der Waals surface area contributed by atoms with E-state index in [1.54, 1.807) is 0 Å². The molecule has 2 aromatic heterocycles. The highest BCUT2D eigenvalue weighted by Gasteiger charge is 2.42. The minimum absolute atomic E-state index is 0.0521. The van der Waals surface area contributed by atoms with Crippen LogP contribution in [-0.4, -0.2) is 20.8 Å². The smallest absolute Gasteiger partial charge is 0.174 e. The monoisotopic (exact) mass is 522 g/mol. The average Bonchev–Trinajstić information content (AvgIpc) is 3.63. The number of nitrogens with zero attached hydrogens (tertiary/aromatic N) is 3. The molecule has 1 aliphatic heterocycles. The van der Waals surface area contributed by atoms with Crippen molar-refractivity contribution in [1.82, 2.24) is 14.9 Å². The first-order chi connectivity index (χ1) is 18.5.